The van der Waals surface area contributed by atoms with E-state index in [2.05, 4.69) is 73.5 Å². The van der Waals surface area contributed by atoms with Gasteiger partial charge in [0.1, 0.15) is 12.9 Å². The van der Waals surface area contributed by atoms with Gasteiger partial charge in [0.2, 0.25) is 5.89 Å². The Hall–Kier alpha value is -4.27. The van der Waals surface area contributed by atoms with E-state index in [9.17, 15) is 4.79 Å². The molecule has 0 bridgehead atoms. The molecule has 3 atom stereocenters. The number of hydrogen-bond acceptors (Lipinski definition) is 7. The molecule has 1 aliphatic heterocycles. The van der Waals surface area contributed by atoms with Gasteiger partial charge < -0.3 is 14.0 Å². The molecule has 3 aromatic heterocycles. The number of hydrogen-bond donors (Lipinski definition) is 0. The number of nitrogens with zero attached hydrogens (tertiary/aromatic N) is 7. The van der Waals surface area contributed by atoms with Crippen LogP contribution >= 0.6 is 0 Å². The van der Waals surface area contributed by atoms with E-state index in [1.807, 2.05) is 6.07 Å². The van der Waals surface area contributed by atoms with Crippen molar-refractivity contribution < 1.29 is 4.52 Å². The Kier molecular flexibility index (Phi) is 4.39. The molecule has 174 valence electrons. The van der Waals surface area contributed by atoms with Gasteiger partial charge in [-0.2, -0.15) is 4.98 Å². The molecule has 9 nitrogen and oxygen atoms in total. The minimum Gasteiger partial charge on any atom is -0.371 e. The van der Waals surface area contributed by atoms with Crippen molar-refractivity contribution in [3.05, 3.63) is 89.3 Å². The fraction of sp³-hybridized carbons (Fsp3) is 0.269. The Morgan fingerprint density at radius 2 is 1.74 bits per heavy atom. The Labute approximate surface area is 200 Å². The molecule has 1 aliphatic carbocycles. The first kappa shape index (κ1) is 20.1. The second kappa shape index (κ2) is 7.63. The fourth-order valence-corrected chi connectivity index (χ4v) is 5.43. The van der Waals surface area contributed by atoms with Gasteiger partial charge in [-0.1, -0.05) is 47.6 Å². The summed E-state index contributed by atoms with van der Waals surface area (Å²) in [6.45, 7) is 2.16. The van der Waals surface area contributed by atoms with Crippen LogP contribution < -0.4 is 10.5 Å². The average molecular weight is 466 g/mol. The number of aryl methyl sites for hydroxylation is 1. The van der Waals surface area contributed by atoms with E-state index in [-0.39, 0.29) is 12.1 Å². The van der Waals surface area contributed by atoms with Crippen molar-refractivity contribution >= 4 is 16.9 Å². The molecule has 0 N–H and O–H groups in total. The highest BCUT2D eigenvalue weighted by molar-refractivity contribution is 5.69. The molecule has 2 aromatic carbocycles. The number of anilines is 1. The van der Waals surface area contributed by atoms with Gasteiger partial charge in [-0.3, -0.25) is 9.36 Å². The summed E-state index contributed by atoms with van der Waals surface area (Å²) in [6.07, 6.45) is 3.07. The van der Waals surface area contributed by atoms with E-state index in [1.165, 1.54) is 27.7 Å². The number of benzene rings is 2. The topological polar surface area (TPSA) is 94.9 Å². The third-order valence-electron chi connectivity index (χ3n) is 7.30. The van der Waals surface area contributed by atoms with Gasteiger partial charge in [0.15, 0.2) is 17.0 Å². The third kappa shape index (κ3) is 3.34. The molecule has 1 saturated carbocycles. The molecule has 2 fully saturated rings. The average Bonchev–Trinajstić information content (AvgIpc) is 3.30. The number of aromatic nitrogens is 6. The molecule has 2 aliphatic rings. The normalized spacial score (nSPS) is 20.9. The van der Waals surface area contributed by atoms with Crippen LogP contribution in [0.25, 0.3) is 22.3 Å². The molecule has 0 radical (unpaired) electrons. The van der Waals surface area contributed by atoms with Gasteiger partial charge in [0, 0.05) is 31.7 Å². The second-order valence-corrected chi connectivity index (χ2v) is 9.43. The van der Waals surface area contributed by atoms with Crippen LogP contribution in [-0.4, -0.2) is 42.3 Å². The highest BCUT2D eigenvalue weighted by Gasteiger charge is 2.58. The first-order valence-electron chi connectivity index (χ1n) is 11.7. The van der Waals surface area contributed by atoms with E-state index in [0.717, 1.165) is 18.9 Å². The van der Waals surface area contributed by atoms with E-state index >= 15 is 0 Å². The van der Waals surface area contributed by atoms with Crippen LogP contribution in [0.4, 0.5) is 5.69 Å². The predicted molar refractivity (Wildman–Crippen MR) is 130 cm³/mol. The number of fused-ring (bicyclic) bond motifs is 2. The van der Waals surface area contributed by atoms with Crippen LogP contribution in [0.3, 0.4) is 0 Å². The molecule has 7 rings (SSSR count). The van der Waals surface area contributed by atoms with Crippen molar-refractivity contribution in [2.24, 2.45) is 18.9 Å². The first-order valence-corrected chi connectivity index (χ1v) is 11.7. The lowest BCUT2D eigenvalue weighted by Crippen LogP contribution is -2.24. The molecule has 4 heterocycles. The zero-order valence-electron chi connectivity index (χ0n) is 19.2. The fourth-order valence-electron chi connectivity index (χ4n) is 5.43. The summed E-state index contributed by atoms with van der Waals surface area (Å²) >= 11 is 0. The highest BCUT2D eigenvalue weighted by Crippen LogP contribution is 2.58. The van der Waals surface area contributed by atoms with E-state index < -0.39 is 0 Å². The molecule has 0 spiro atoms. The Bertz CT molecular complexity index is 1590. The first-order chi connectivity index (χ1) is 17.2. The Balaban J connectivity index is 1.05. The summed E-state index contributed by atoms with van der Waals surface area (Å²) in [5, 5.41) is 4.25. The minimum absolute atomic E-state index is 0.175. The molecular formula is C26H23N7O2. The summed E-state index contributed by atoms with van der Waals surface area (Å²) in [7, 11) is 1.78. The molecular weight excluding hydrogens is 442 g/mol. The molecule has 0 amide bonds. The number of imidazole rings is 1. The zero-order valence-corrected chi connectivity index (χ0v) is 19.2. The quantitative estimate of drug-likeness (QED) is 0.394. The van der Waals surface area contributed by atoms with Crippen LogP contribution in [0.1, 0.15) is 17.6 Å². The summed E-state index contributed by atoms with van der Waals surface area (Å²) < 4.78 is 8.66. The van der Waals surface area contributed by atoms with Crippen LogP contribution in [0.2, 0.25) is 0 Å². The van der Waals surface area contributed by atoms with Crippen molar-refractivity contribution in [3.63, 3.8) is 0 Å². The van der Waals surface area contributed by atoms with Crippen molar-refractivity contribution in [1.29, 1.82) is 0 Å². The van der Waals surface area contributed by atoms with Gasteiger partial charge in [0.05, 0.1) is 6.33 Å². The largest absolute Gasteiger partial charge is 0.371 e. The summed E-state index contributed by atoms with van der Waals surface area (Å²) in [5.41, 5.74) is 4.44. The van der Waals surface area contributed by atoms with Gasteiger partial charge in [-0.25, -0.2) is 9.97 Å². The Morgan fingerprint density at radius 1 is 0.971 bits per heavy atom. The summed E-state index contributed by atoms with van der Waals surface area (Å²) in [6, 6.07) is 19.2. The maximum atomic E-state index is 12.8. The maximum absolute atomic E-state index is 12.8. The van der Waals surface area contributed by atoms with E-state index in [0.29, 0.717) is 34.8 Å². The van der Waals surface area contributed by atoms with E-state index in [4.69, 9.17) is 4.52 Å². The van der Waals surface area contributed by atoms with Crippen molar-refractivity contribution in [2.75, 3.05) is 18.0 Å². The minimum atomic E-state index is -0.175. The molecule has 0 unspecified atom stereocenters. The monoisotopic (exact) mass is 465 g/mol. The van der Waals surface area contributed by atoms with Crippen molar-refractivity contribution in [2.45, 2.75) is 12.5 Å². The third-order valence-corrected chi connectivity index (χ3v) is 7.30. The maximum Gasteiger partial charge on any atom is 0.280 e. The molecule has 5 aromatic rings. The second-order valence-electron chi connectivity index (χ2n) is 9.43. The molecule has 35 heavy (non-hydrogen) atoms. The molecule has 9 heteroatoms. The highest BCUT2D eigenvalue weighted by atomic mass is 16.5. The number of piperidine rings is 1. The lowest BCUT2D eigenvalue weighted by molar-refractivity contribution is 0.363. The van der Waals surface area contributed by atoms with Gasteiger partial charge >= 0.3 is 0 Å². The van der Waals surface area contributed by atoms with Gasteiger partial charge in [0.25, 0.3) is 5.56 Å². The summed E-state index contributed by atoms with van der Waals surface area (Å²) in [4.78, 5) is 28.2. The summed E-state index contributed by atoms with van der Waals surface area (Å²) in [5.74, 6) is 2.53. The molecule has 1 saturated heterocycles. The smallest absolute Gasteiger partial charge is 0.280 e. The Morgan fingerprint density at radius 3 is 2.57 bits per heavy atom. The number of rotatable bonds is 5. The van der Waals surface area contributed by atoms with Crippen LogP contribution in [0.5, 0.6) is 0 Å². The predicted octanol–water partition coefficient (Wildman–Crippen LogP) is 3.08. The zero-order chi connectivity index (χ0) is 23.5. The van der Waals surface area contributed by atoms with Crippen LogP contribution in [-0.2, 0) is 13.6 Å². The van der Waals surface area contributed by atoms with Gasteiger partial charge in [-0.15, -0.1) is 0 Å². The van der Waals surface area contributed by atoms with Gasteiger partial charge in [-0.05, 0) is 35.1 Å². The van der Waals surface area contributed by atoms with Crippen molar-refractivity contribution in [3.8, 4) is 11.1 Å². The van der Waals surface area contributed by atoms with Crippen molar-refractivity contribution in [1.82, 2.24) is 29.2 Å². The van der Waals surface area contributed by atoms with Crippen LogP contribution in [0.15, 0.2) is 76.6 Å². The van der Waals surface area contributed by atoms with Crippen LogP contribution in [0, 0.1) is 11.8 Å². The lowest BCUT2D eigenvalue weighted by Gasteiger charge is -2.22. The SMILES string of the molecule is Cn1cnc2ncn(Cc3nc([C@@H]4[C@@H]5CN(c6cccc(-c7ccccc7)c6)C[C@@H]54)no3)c(=O)c21. The standard InChI is InChI=1S/C26H23N7O2/c1-31-14-27-25-23(31)26(34)33(15-28-25)13-21-29-24(30-35-21)22-19-11-32(12-20(19)22)18-9-5-8-17(10-18)16-6-3-2-4-7-16/h2-10,14-15,19-20,22H,11-13H2,1H3/t19-,20+,22-. The van der Waals surface area contributed by atoms with E-state index in [1.54, 1.807) is 17.9 Å². The lowest BCUT2D eigenvalue weighted by atomic mass is 10.0.